The Labute approximate surface area is 116 Å². The lowest BCUT2D eigenvalue weighted by molar-refractivity contribution is -0.0523. The third kappa shape index (κ3) is 1.96. The van der Waals surface area contributed by atoms with Crippen LogP contribution in [0.25, 0.3) is 0 Å². The van der Waals surface area contributed by atoms with Crippen molar-refractivity contribution < 1.29 is 4.42 Å². The zero-order chi connectivity index (χ0) is 12.8. The highest BCUT2D eigenvalue weighted by molar-refractivity contribution is 5.16. The van der Waals surface area contributed by atoms with Gasteiger partial charge in [-0.05, 0) is 74.3 Å². The Morgan fingerprint density at radius 1 is 1.16 bits per heavy atom. The molecular weight excluding hydrogens is 234 g/mol. The van der Waals surface area contributed by atoms with Crippen LogP contribution < -0.4 is 5.32 Å². The number of hydrogen-bond donors (Lipinski definition) is 1. The van der Waals surface area contributed by atoms with Crippen LogP contribution >= 0.6 is 0 Å². The Bertz CT molecular complexity index is 396. The molecule has 0 saturated heterocycles. The summed E-state index contributed by atoms with van der Waals surface area (Å²) in [7, 11) is 0. The normalized spacial score (nSPS) is 41.6. The lowest BCUT2D eigenvalue weighted by atomic mass is 9.50. The molecule has 4 saturated carbocycles. The molecule has 4 aliphatic carbocycles. The molecule has 2 nitrogen and oxygen atoms in total. The second-order valence-corrected chi connectivity index (χ2v) is 7.10. The van der Waals surface area contributed by atoms with Crippen molar-refractivity contribution in [2.24, 2.45) is 29.6 Å². The van der Waals surface area contributed by atoms with E-state index in [9.17, 15) is 0 Å². The molecule has 0 aliphatic heterocycles. The smallest absolute Gasteiger partial charge is 0.0950 e. The molecule has 2 heteroatoms. The average molecular weight is 259 g/mol. The summed E-state index contributed by atoms with van der Waals surface area (Å²) in [5.41, 5.74) is 1.37. The van der Waals surface area contributed by atoms with E-state index in [0.717, 1.165) is 36.1 Å². The summed E-state index contributed by atoms with van der Waals surface area (Å²) in [4.78, 5) is 0. The molecule has 1 heterocycles. The van der Waals surface area contributed by atoms with Crippen LogP contribution in [-0.2, 0) is 0 Å². The molecule has 1 N–H and O–H groups in total. The van der Waals surface area contributed by atoms with Gasteiger partial charge in [-0.15, -0.1) is 0 Å². The molecule has 0 spiro atoms. The van der Waals surface area contributed by atoms with Crippen LogP contribution in [0.5, 0.6) is 0 Å². The molecule has 4 fully saturated rings. The van der Waals surface area contributed by atoms with Crippen molar-refractivity contribution >= 4 is 0 Å². The van der Waals surface area contributed by atoms with Gasteiger partial charge in [-0.25, -0.2) is 0 Å². The van der Waals surface area contributed by atoms with E-state index in [1.54, 1.807) is 0 Å². The second kappa shape index (κ2) is 4.66. The molecule has 4 bridgehead atoms. The average Bonchev–Trinajstić information content (AvgIpc) is 2.89. The molecular formula is C17H25NO. The van der Waals surface area contributed by atoms with E-state index in [2.05, 4.69) is 18.3 Å². The fourth-order valence-electron chi connectivity index (χ4n) is 5.66. The molecule has 0 amide bonds. The molecule has 0 radical (unpaired) electrons. The van der Waals surface area contributed by atoms with Crippen molar-refractivity contribution in [2.45, 2.75) is 45.1 Å². The quantitative estimate of drug-likeness (QED) is 0.884. The largest absolute Gasteiger partial charge is 0.472 e. The number of hydrogen-bond acceptors (Lipinski definition) is 2. The monoisotopic (exact) mass is 259 g/mol. The molecule has 19 heavy (non-hydrogen) atoms. The summed E-state index contributed by atoms with van der Waals surface area (Å²) < 4.78 is 5.34. The Morgan fingerprint density at radius 2 is 1.84 bits per heavy atom. The third-order valence-corrected chi connectivity index (χ3v) is 6.01. The Balaban J connectivity index is 1.62. The zero-order valence-electron chi connectivity index (χ0n) is 11.8. The minimum Gasteiger partial charge on any atom is -0.472 e. The second-order valence-electron chi connectivity index (χ2n) is 7.10. The molecule has 1 aromatic heterocycles. The minimum atomic E-state index is 0.527. The summed E-state index contributed by atoms with van der Waals surface area (Å²) in [6.45, 7) is 3.28. The minimum absolute atomic E-state index is 0.527. The van der Waals surface area contributed by atoms with Gasteiger partial charge in [0.05, 0.1) is 12.5 Å². The summed E-state index contributed by atoms with van der Waals surface area (Å²) in [6, 6.07) is 2.69. The van der Waals surface area contributed by atoms with Gasteiger partial charge in [0, 0.05) is 11.6 Å². The topological polar surface area (TPSA) is 25.2 Å². The maximum absolute atomic E-state index is 5.34. The van der Waals surface area contributed by atoms with Gasteiger partial charge in [-0.1, -0.05) is 6.92 Å². The van der Waals surface area contributed by atoms with Crippen LogP contribution in [0, 0.1) is 29.6 Å². The molecule has 0 aromatic carbocycles. The van der Waals surface area contributed by atoms with Crippen LogP contribution in [-0.4, -0.2) is 6.54 Å². The Morgan fingerprint density at radius 3 is 2.37 bits per heavy atom. The van der Waals surface area contributed by atoms with Crippen molar-refractivity contribution in [3.63, 3.8) is 0 Å². The summed E-state index contributed by atoms with van der Waals surface area (Å²) in [5.74, 6) is 4.91. The van der Waals surface area contributed by atoms with E-state index in [0.29, 0.717) is 6.04 Å². The highest BCUT2D eigenvalue weighted by Gasteiger charge is 2.50. The van der Waals surface area contributed by atoms with Gasteiger partial charge in [0.2, 0.25) is 0 Å². The molecule has 1 unspecified atom stereocenters. The van der Waals surface area contributed by atoms with Gasteiger partial charge in [-0.3, -0.25) is 0 Å². The molecule has 104 valence electrons. The van der Waals surface area contributed by atoms with Crippen molar-refractivity contribution in [3.05, 3.63) is 24.2 Å². The molecule has 4 aliphatic rings. The number of rotatable bonds is 4. The van der Waals surface area contributed by atoms with E-state index in [1.807, 2.05) is 12.5 Å². The summed E-state index contributed by atoms with van der Waals surface area (Å²) in [6.07, 6.45) is 11.3. The van der Waals surface area contributed by atoms with E-state index < -0.39 is 0 Å². The lowest BCUT2D eigenvalue weighted by Crippen LogP contribution is -2.49. The standard InChI is InChI=1S/C17H25NO/c1-2-18-17(13-3-4-19-10-13)16-14-6-11-5-12(8-14)9-15(16)7-11/h3-4,10-12,14-18H,2,5-9H2,1H3. The van der Waals surface area contributed by atoms with Crippen molar-refractivity contribution in [2.75, 3.05) is 6.54 Å². The highest BCUT2D eigenvalue weighted by atomic mass is 16.3. The van der Waals surface area contributed by atoms with Crippen molar-refractivity contribution in [3.8, 4) is 0 Å². The van der Waals surface area contributed by atoms with E-state index in [-0.39, 0.29) is 0 Å². The highest BCUT2D eigenvalue weighted by Crippen LogP contribution is 2.59. The first-order valence-corrected chi connectivity index (χ1v) is 8.10. The molecule has 1 atom stereocenters. The first-order valence-electron chi connectivity index (χ1n) is 8.10. The molecule has 5 rings (SSSR count). The van der Waals surface area contributed by atoms with Crippen LogP contribution in [0.15, 0.2) is 23.0 Å². The lowest BCUT2D eigenvalue weighted by Gasteiger charge is -2.56. The van der Waals surface area contributed by atoms with E-state index >= 15 is 0 Å². The fourth-order valence-corrected chi connectivity index (χ4v) is 5.66. The number of furan rings is 1. The molecule has 1 aromatic rings. The maximum Gasteiger partial charge on any atom is 0.0950 e. The first-order chi connectivity index (χ1) is 9.35. The van der Waals surface area contributed by atoms with E-state index in [1.165, 1.54) is 37.7 Å². The Hall–Kier alpha value is -0.760. The van der Waals surface area contributed by atoms with Crippen LogP contribution in [0.4, 0.5) is 0 Å². The zero-order valence-corrected chi connectivity index (χ0v) is 11.8. The van der Waals surface area contributed by atoms with Gasteiger partial charge < -0.3 is 9.73 Å². The van der Waals surface area contributed by atoms with Gasteiger partial charge in [0.25, 0.3) is 0 Å². The van der Waals surface area contributed by atoms with Gasteiger partial charge >= 0.3 is 0 Å². The Kier molecular flexibility index (Phi) is 2.95. The SMILES string of the molecule is CCNC(c1ccoc1)C1C2CC3CC(C2)CC1C3. The predicted octanol–water partition coefficient (Wildman–Crippen LogP) is 4.00. The third-order valence-electron chi connectivity index (χ3n) is 6.01. The van der Waals surface area contributed by atoms with Crippen LogP contribution in [0.3, 0.4) is 0 Å². The van der Waals surface area contributed by atoms with Gasteiger partial charge in [-0.2, -0.15) is 0 Å². The summed E-state index contributed by atoms with van der Waals surface area (Å²) in [5, 5.41) is 3.75. The van der Waals surface area contributed by atoms with Crippen molar-refractivity contribution in [1.29, 1.82) is 0 Å². The van der Waals surface area contributed by atoms with Crippen LogP contribution in [0.1, 0.15) is 50.6 Å². The maximum atomic E-state index is 5.34. The fraction of sp³-hybridized carbons (Fsp3) is 0.765. The summed E-state index contributed by atoms with van der Waals surface area (Å²) >= 11 is 0. The first kappa shape index (κ1) is 12.0. The van der Waals surface area contributed by atoms with Gasteiger partial charge in [0.1, 0.15) is 0 Å². The number of nitrogens with one attached hydrogen (secondary N) is 1. The van der Waals surface area contributed by atoms with Crippen molar-refractivity contribution in [1.82, 2.24) is 5.32 Å². The van der Waals surface area contributed by atoms with Gasteiger partial charge in [0.15, 0.2) is 0 Å². The van der Waals surface area contributed by atoms with Crippen LogP contribution in [0.2, 0.25) is 0 Å². The van der Waals surface area contributed by atoms with E-state index in [4.69, 9.17) is 4.42 Å². The predicted molar refractivity (Wildman–Crippen MR) is 75.7 cm³/mol.